The lowest BCUT2D eigenvalue weighted by atomic mass is 9.95. The molecule has 4 N–H and O–H groups in total. The molecule has 0 aliphatic rings. The predicted molar refractivity (Wildman–Crippen MR) is 83.0 cm³/mol. The zero-order valence-electron chi connectivity index (χ0n) is 13.1. The molecule has 4 nitrogen and oxygen atoms in total. The largest absolute Gasteiger partial charge is 0.369 e. The van der Waals surface area contributed by atoms with Crippen molar-refractivity contribution in [3.05, 3.63) is 35.6 Å². The summed E-state index contributed by atoms with van der Waals surface area (Å²) >= 11 is 0. The number of rotatable bonds is 8. The molecule has 0 spiro atoms. The average Bonchev–Trinajstić information content (AvgIpc) is 2.39. The number of nitrogens with two attached hydrogens (primary N) is 2. The van der Waals surface area contributed by atoms with Gasteiger partial charge in [-0.2, -0.15) is 0 Å². The summed E-state index contributed by atoms with van der Waals surface area (Å²) in [4.78, 5) is 13.4. The minimum absolute atomic E-state index is 0.145. The summed E-state index contributed by atoms with van der Waals surface area (Å²) < 4.78 is 13.1. The summed E-state index contributed by atoms with van der Waals surface area (Å²) in [5.41, 5.74) is 12.5. The number of hydrogen-bond acceptors (Lipinski definition) is 3. The molecule has 0 aliphatic carbocycles. The highest BCUT2D eigenvalue weighted by Gasteiger charge is 2.27. The zero-order valence-corrected chi connectivity index (χ0v) is 13.1. The van der Waals surface area contributed by atoms with Crippen LogP contribution in [0.25, 0.3) is 0 Å². The van der Waals surface area contributed by atoms with Crippen LogP contribution in [0.1, 0.15) is 38.8 Å². The molecule has 0 saturated carbocycles. The molecule has 0 aliphatic heterocycles. The molecule has 0 bridgehead atoms. The number of nitrogens with zero attached hydrogens (tertiary/aromatic N) is 1. The van der Waals surface area contributed by atoms with E-state index in [9.17, 15) is 9.18 Å². The van der Waals surface area contributed by atoms with Gasteiger partial charge in [0.05, 0.1) is 12.6 Å². The predicted octanol–water partition coefficient (Wildman–Crippen LogP) is 2.05. The fourth-order valence-corrected chi connectivity index (χ4v) is 2.56. The molecule has 118 valence electrons. The molecule has 2 atom stereocenters. The monoisotopic (exact) mass is 295 g/mol. The lowest BCUT2D eigenvalue weighted by molar-refractivity contribution is -0.120. The number of carbonyl (C=O) groups excluding carboxylic acids is 1. The number of carbonyl (C=O) groups is 1. The molecule has 0 fully saturated rings. The maximum atomic E-state index is 13.1. The van der Waals surface area contributed by atoms with E-state index in [1.165, 1.54) is 12.1 Å². The minimum atomic E-state index is -0.383. The van der Waals surface area contributed by atoms with Gasteiger partial charge in [-0.1, -0.05) is 32.9 Å². The first-order chi connectivity index (χ1) is 9.85. The van der Waals surface area contributed by atoms with Crippen molar-refractivity contribution < 1.29 is 9.18 Å². The first-order valence-corrected chi connectivity index (χ1v) is 7.38. The van der Waals surface area contributed by atoms with Crippen molar-refractivity contribution in [2.24, 2.45) is 17.4 Å². The van der Waals surface area contributed by atoms with E-state index in [0.29, 0.717) is 12.5 Å². The third-order valence-corrected chi connectivity index (χ3v) is 3.44. The Bertz CT molecular complexity index is 447. The highest BCUT2D eigenvalue weighted by molar-refractivity contribution is 5.76. The molecule has 0 aromatic heterocycles. The number of halogens is 1. The van der Waals surface area contributed by atoms with Gasteiger partial charge in [-0.05, 0) is 30.0 Å². The summed E-state index contributed by atoms with van der Waals surface area (Å²) in [6.07, 6.45) is 0.759. The normalized spacial score (nSPS) is 14.4. The van der Waals surface area contributed by atoms with Crippen molar-refractivity contribution in [2.75, 3.05) is 13.1 Å². The van der Waals surface area contributed by atoms with Gasteiger partial charge in [-0.15, -0.1) is 0 Å². The summed E-state index contributed by atoms with van der Waals surface area (Å²) in [7, 11) is 0. The van der Waals surface area contributed by atoms with Crippen LogP contribution in [0.3, 0.4) is 0 Å². The SMILES string of the molecule is CCC(N)C(c1ccc(F)cc1)N(CC(N)=O)CC(C)C. The van der Waals surface area contributed by atoms with Crippen LogP contribution in [0, 0.1) is 11.7 Å². The van der Waals surface area contributed by atoms with E-state index in [-0.39, 0.29) is 30.4 Å². The van der Waals surface area contributed by atoms with E-state index < -0.39 is 0 Å². The van der Waals surface area contributed by atoms with Gasteiger partial charge in [0, 0.05) is 12.6 Å². The Hall–Kier alpha value is -1.46. The lowest BCUT2D eigenvalue weighted by Crippen LogP contribution is -2.46. The van der Waals surface area contributed by atoms with E-state index in [2.05, 4.69) is 13.8 Å². The zero-order chi connectivity index (χ0) is 16.0. The molecule has 2 unspecified atom stereocenters. The van der Waals surface area contributed by atoms with Gasteiger partial charge in [0.25, 0.3) is 0 Å². The van der Waals surface area contributed by atoms with Crippen LogP contribution in [-0.2, 0) is 4.79 Å². The van der Waals surface area contributed by atoms with Gasteiger partial charge >= 0.3 is 0 Å². The molecule has 5 heteroatoms. The Kier molecular flexibility index (Phi) is 6.78. The summed E-state index contributed by atoms with van der Waals surface area (Å²) in [5, 5.41) is 0. The van der Waals surface area contributed by atoms with Crippen molar-refractivity contribution in [3.8, 4) is 0 Å². The van der Waals surface area contributed by atoms with Crippen LogP contribution in [0.2, 0.25) is 0 Å². The van der Waals surface area contributed by atoms with E-state index >= 15 is 0 Å². The quantitative estimate of drug-likeness (QED) is 0.771. The summed E-state index contributed by atoms with van der Waals surface area (Å²) in [6.45, 7) is 7.01. The third kappa shape index (κ3) is 5.44. The van der Waals surface area contributed by atoms with Gasteiger partial charge < -0.3 is 11.5 Å². The van der Waals surface area contributed by atoms with Crippen molar-refractivity contribution >= 4 is 5.91 Å². The lowest BCUT2D eigenvalue weighted by Gasteiger charge is -2.36. The van der Waals surface area contributed by atoms with Gasteiger partial charge in [0.2, 0.25) is 5.91 Å². The summed E-state index contributed by atoms with van der Waals surface area (Å²) in [6, 6.07) is 6.00. The molecular weight excluding hydrogens is 269 g/mol. The molecule has 1 aromatic rings. The van der Waals surface area contributed by atoms with Crippen molar-refractivity contribution in [1.82, 2.24) is 4.90 Å². The van der Waals surface area contributed by atoms with E-state index in [1.54, 1.807) is 12.1 Å². The molecule has 0 saturated heterocycles. The van der Waals surface area contributed by atoms with Crippen LogP contribution in [0.15, 0.2) is 24.3 Å². The molecule has 1 rings (SSSR count). The number of primary amides is 1. The molecule has 0 heterocycles. The molecular formula is C16H26FN3O. The van der Waals surface area contributed by atoms with Crippen LogP contribution in [0.5, 0.6) is 0 Å². The van der Waals surface area contributed by atoms with Gasteiger partial charge in [0.15, 0.2) is 0 Å². The smallest absolute Gasteiger partial charge is 0.231 e. The fourth-order valence-electron chi connectivity index (χ4n) is 2.56. The second kappa shape index (κ2) is 8.10. The van der Waals surface area contributed by atoms with Crippen LogP contribution in [-0.4, -0.2) is 29.9 Å². The third-order valence-electron chi connectivity index (χ3n) is 3.44. The number of hydrogen-bond donors (Lipinski definition) is 2. The Morgan fingerprint density at radius 2 is 1.86 bits per heavy atom. The highest BCUT2D eigenvalue weighted by Crippen LogP contribution is 2.26. The average molecular weight is 295 g/mol. The minimum Gasteiger partial charge on any atom is -0.369 e. The standard InChI is InChI=1S/C16H26FN3O/c1-4-14(18)16(12-5-7-13(17)8-6-12)20(9-11(2)3)10-15(19)21/h5-8,11,14,16H,4,9-10,18H2,1-3H3,(H2,19,21). The van der Waals surface area contributed by atoms with Gasteiger partial charge in [-0.3, -0.25) is 9.69 Å². The van der Waals surface area contributed by atoms with Crippen LogP contribution in [0.4, 0.5) is 4.39 Å². The first-order valence-electron chi connectivity index (χ1n) is 7.38. The number of benzene rings is 1. The molecule has 1 aromatic carbocycles. The van der Waals surface area contributed by atoms with Crippen LogP contribution >= 0.6 is 0 Å². The molecule has 1 amide bonds. The van der Waals surface area contributed by atoms with Crippen LogP contribution < -0.4 is 11.5 Å². The Morgan fingerprint density at radius 1 is 1.29 bits per heavy atom. The second-order valence-electron chi connectivity index (χ2n) is 5.86. The van der Waals surface area contributed by atoms with E-state index in [1.807, 2.05) is 11.8 Å². The second-order valence-corrected chi connectivity index (χ2v) is 5.86. The fraction of sp³-hybridized carbons (Fsp3) is 0.562. The highest BCUT2D eigenvalue weighted by atomic mass is 19.1. The Morgan fingerprint density at radius 3 is 2.29 bits per heavy atom. The van der Waals surface area contributed by atoms with Crippen molar-refractivity contribution in [3.63, 3.8) is 0 Å². The Balaban J connectivity index is 3.12. The molecule has 21 heavy (non-hydrogen) atoms. The maximum absolute atomic E-state index is 13.1. The maximum Gasteiger partial charge on any atom is 0.231 e. The molecule has 0 radical (unpaired) electrons. The number of amides is 1. The van der Waals surface area contributed by atoms with E-state index in [4.69, 9.17) is 11.5 Å². The van der Waals surface area contributed by atoms with Gasteiger partial charge in [0.1, 0.15) is 5.82 Å². The van der Waals surface area contributed by atoms with Crippen molar-refractivity contribution in [1.29, 1.82) is 0 Å². The van der Waals surface area contributed by atoms with Gasteiger partial charge in [-0.25, -0.2) is 4.39 Å². The topological polar surface area (TPSA) is 72.3 Å². The Labute approximate surface area is 126 Å². The van der Waals surface area contributed by atoms with Crippen molar-refractivity contribution in [2.45, 2.75) is 39.3 Å². The summed E-state index contributed by atoms with van der Waals surface area (Å²) in [5.74, 6) is -0.296. The van der Waals surface area contributed by atoms with E-state index in [0.717, 1.165) is 12.0 Å². The first kappa shape index (κ1) is 17.6.